The molecule has 0 saturated carbocycles. The Morgan fingerprint density at radius 2 is 2.00 bits per heavy atom. The molecule has 1 amide bonds. The zero-order chi connectivity index (χ0) is 25.4. The number of thiophene rings is 1. The number of carbonyl (C=O) groups excluding carboxylic acids is 1. The highest BCUT2D eigenvalue weighted by atomic mass is 35.5. The van der Waals surface area contributed by atoms with E-state index < -0.39 is 15.9 Å². The number of carbonyl (C=O) groups is 1. The normalized spacial score (nSPS) is 16.9. The van der Waals surface area contributed by atoms with Crippen LogP contribution in [0.4, 0.5) is 5.13 Å². The molecule has 1 saturated heterocycles. The molecule has 0 spiro atoms. The lowest BCUT2D eigenvalue weighted by molar-refractivity contribution is -0.123. The summed E-state index contributed by atoms with van der Waals surface area (Å²) >= 11 is 8.49. The van der Waals surface area contributed by atoms with Gasteiger partial charge in [-0.05, 0) is 68.1 Å². The number of pyridine rings is 1. The molecule has 0 bridgehead atoms. The molecule has 4 heterocycles. The van der Waals surface area contributed by atoms with Crippen LogP contribution in [0.3, 0.4) is 0 Å². The Kier molecular flexibility index (Phi) is 7.15. The first-order valence-electron chi connectivity index (χ1n) is 11.6. The third kappa shape index (κ3) is 4.92. The molecular formula is C25H25ClN4O3S3. The number of piperidine rings is 1. The fourth-order valence-corrected chi connectivity index (χ4v) is 8.56. The monoisotopic (exact) mass is 560 g/mol. The Balaban J connectivity index is 1.47. The minimum atomic E-state index is -3.72. The number of aryl methyl sites for hydroxylation is 2. The van der Waals surface area contributed by atoms with Crippen molar-refractivity contribution in [3.05, 3.63) is 69.8 Å². The molecule has 1 unspecified atom stereocenters. The molecule has 1 aromatic carbocycles. The van der Waals surface area contributed by atoms with Gasteiger partial charge in [-0.2, -0.15) is 4.31 Å². The number of thiazole rings is 1. The van der Waals surface area contributed by atoms with Crippen LogP contribution in [0.25, 0.3) is 10.2 Å². The van der Waals surface area contributed by atoms with Crippen molar-refractivity contribution in [3.8, 4) is 0 Å². The third-order valence-electron chi connectivity index (χ3n) is 6.49. The van der Waals surface area contributed by atoms with Crippen LogP contribution >= 0.6 is 34.3 Å². The van der Waals surface area contributed by atoms with Gasteiger partial charge in [0.05, 0.1) is 32.7 Å². The number of sulfonamides is 1. The lowest BCUT2D eigenvalue weighted by atomic mass is 9.98. The van der Waals surface area contributed by atoms with Crippen LogP contribution in [0.15, 0.2) is 52.9 Å². The second kappa shape index (κ2) is 10.2. The summed E-state index contributed by atoms with van der Waals surface area (Å²) in [7, 11) is -3.72. The average Bonchev–Trinajstić information content (AvgIpc) is 3.52. The van der Waals surface area contributed by atoms with E-state index in [1.807, 2.05) is 38.1 Å². The number of hydrogen-bond acceptors (Lipinski definition) is 7. The van der Waals surface area contributed by atoms with E-state index in [9.17, 15) is 13.2 Å². The van der Waals surface area contributed by atoms with Gasteiger partial charge >= 0.3 is 0 Å². The van der Waals surface area contributed by atoms with Crippen molar-refractivity contribution in [3.63, 3.8) is 0 Å². The first-order valence-corrected chi connectivity index (χ1v) is 15.0. The maximum Gasteiger partial charge on any atom is 0.252 e. The first-order chi connectivity index (χ1) is 17.2. The number of rotatable bonds is 6. The topological polar surface area (TPSA) is 83.5 Å². The Labute approximate surface area is 223 Å². The number of hydrogen-bond donors (Lipinski definition) is 0. The molecular weight excluding hydrogens is 536 g/mol. The minimum Gasteiger partial charge on any atom is -0.282 e. The summed E-state index contributed by atoms with van der Waals surface area (Å²) in [5.41, 5.74) is 3.86. The standard InChI is InChI=1S/C25H25ClN4O3S3/c1-16-8-9-20-23(17(16)2)28-25(34-20)30(15-19-7-3-4-12-27-19)24(31)18-6-5-13-29(14-18)36(32,33)22-11-10-21(26)35-22/h3-4,7-12,18H,5-6,13-15H2,1-2H3. The summed E-state index contributed by atoms with van der Waals surface area (Å²) in [5, 5.41) is 0.597. The van der Waals surface area contributed by atoms with E-state index in [-0.39, 0.29) is 23.2 Å². The Hall–Kier alpha value is -2.37. The van der Waals surface area contributed by atoms with Crippen LogP contribution in [0.2, 0.25) is 4.34 Å². The van der Waals surface area contributed by atoms with Gasteiger partial charge in [-0.3, -0.25) is 14.7 Å². The molecule has 7 nitrogen and oxygen atoms in total. The molecule has 0 N–H and O–H groups in total. The number of benzene rings is 1. The van der Waals surface area contributed by atoms with Gasteiger partial charge in [0.2, 0.25) is 5.91 Å². The van der Waals surface area contributed by atoms with Gasteiger partial charge in [0.1, 0.15) is 4.21 Å². The van der Waals surface area contributed by atoms with E-state index in [1.165, 1.54) is 21.7 Å². The molecule has 1 aliphatic heterocycles. The van der Waals surface area contributed by atoms with Gasteiger partial charge in [0.15, 0.2) is 5.13 Å². The maximum absolute atomic E-state index is 14.0. The van der Waals surface area contributed by atoms with E-state index >= 15 is 0 Å². The summed E-state index contributed by atoms with van der Waals surface area (Å²) in [6.45, 7) is 4.84. The smallest absolute Gasteiger partial charge is 0.252 e. The second-order valence-electron chi connectivity index (χ2n) is 8.86. The van der Waals surface area contributed by atoms with Crippen LogP contribution in [0, 0.1) is 19.8 Å². The molecule has 0 radical (unpaired) electrons. The number of fused-ring (bicyclic) bond motifs is 1. The zero-order valence-electron chi connectivity index (χ0n) is 19.8. The number of anilines is 1. The summed E-state index contributed by atoms with van der Waals surface area (Å²) < 4.78 is 29.5. The zero-order valence-corrected chi connectivity index (χ0v) is 23.1. The molecule has 188 valence electrons. The van der Waals surface area contributed by atoms with Crippen molar-refractivity contribution >= 4 is 65.6 Å². The summed E-state index contributed by atoms with van der Waals surface area (Å²) in [5.74, 6) is -0.624. The van der Waals surface area contributed by atoms with Crippen LogP contribution < -0.4 is 4.90 Å². The number of halogens is 1. The molecule has 4 aromatic rings. The number of aromatic nitrogens is 2. The third-order valence-corrected chi connectivity index (χ3v) is 11.1. The quantitative estimate of drug-likeness (QED) is 0.304. The number of nitrogens with zero attached hydrogens (tertiary/aromatic N) is 4. The van der Waals surface area contributed by atoms with Crippen molar-refractivity contribution in [2.75, 3.05) is 18.0 Å². The van der Waals surface area contributed by atoms with Gasteiger partial charge < -0.3 is 0 Å². The van der Waals surface area contributed by atoms with Crippen molar-refractivity contribution < 1.29 is 13.2 Å². The van der Waals surface area contributed by atoms with Crippen molar-refractivity contribution in [1.29, 1.82) is 0 Å². The predicted molar refractivity (Wildman–Crippen MR) is 145 cm³/mol. The summed E-state index contributed by atoms with van der Waals surface area (Å²) in [6, 6.07) is 12.8. The first kappa shape index (κ1) is 25.3. The fraction of sp³-hybridized carbons (Fsp3) is 0.320. The van der Waals surface area contributed by atoms with Crippen LogP contribution in [0.5, 0.6) is 0 Å². The van der Waals surface area contributed by atoms with Gasteiger partial charge in [-0.15, -0.1) is 11.3 Å². The van der Waals surface area contributed by atoms with E-state index in [1.54, 1.807) is 17.2 Å². The highest BCUT2D eigenvalue weighted by molar-refractivity contribution is 7.91. The van der Waals surface area contributed by atoms with Gasteiger partial charge in [-0.25, -0.2) is 13.4 Å². The highest BCUT2D eigenvalue weighted by Crippen LogP contribution is 2.35. The van der Waals surface area contributed by atoms with Crippen LogP contribution in [0.1, 0.15) is 29.7 Å². The maximum atomic E-state index is 14.0. The van der Waals surface area contributed by atoms with E-state index in [0.29, 0.717) is 28.9 Å². The summed E-state index contributed by atoms with van der Waals surface area (Å²) in [6.07, 6.45) is 2.91. The van der Waals surface area contributed by atoms with E-state index in [4.69, 9.17) is 16.6 Å². The SMILES string of the molecule is Cc1ccc2sc(N(Cc3ccccn3)C(=O)C3CCCN(S(=O)(=O)c4ccc(Cl)s4)C3)nc2c1C. The molecule has 1 atom stereocenters. The van der Waals surface area contributed by atoms with E-state index in [0.717, 1.165) is 38.4 Å². The number of amides is 1. The molecule has 5 rings (SSSR count). The Bertz CT molecular complexity index is 1520. The van der Waals surface area contributed by atoms with Crippen molar-refractivity contribution in [2.45, 2.75) is 37.4 Å². The predicted octanol–water partition coefficient (Wildman–Crippen LogP) is 5.66. The van der Waals surface area contributed by atoms with Crippen LogP contribution in [-0.2, 0) is 21.4 Å². The van der Waals surface area contributed by atoms with Crippen molar-refractivity contribution in [1.82, 2.24) is 14.3 Å². The molecule has 36 heavy (non-hydrogen) atoms. The molecule has 1 fully saturated rings. The average molecular weight is 561 g/mol. The van der Waals surface area contributed by atoms with Crippen molar-refractivity contribution in [2.24, 2.45) is 5.92 Å². The second-order valence-corrected chi connectivity index (χ2v) is 13.7. The molecule has 0 aliphatic carbocycles. The van der Waals surface area contributed by atoms with Crippen LogP contribution in [-0.4, -0.2) is 41.7 Å². The van der Waals surface area contributed by atoms with Gasteiger partial charge in [0.25, 0.3) is 10.0 Å². The van der Waals surface area contributed by atoms with Gasteiger partial charge in [-0.1, -0.05) is 35.1 Å². The summed E-state index contributed by atoms with van der Waals surface area (Å²) in [4.78, 5) is 24.9. The molecule has 3 aromatic heterocycles. The van der Waals surface area contributed by atoms with Gasteiger partial charge in [0, 0.05) is 19.3 Å². The highest BCUT2D eigenvalue weighted by Gasteiger charge is 2.37. The largest absolute Gasteiger partial charge is 0.282 e. The fourth-order valence-electron chi connectivity index (χ4n) is 4.37. The molecule has 11 heteroatoms. The Morgan fingerprint density at radius 1 is 1.17 bits per heavy atom. The lowest BCUT2D eigenvalue weighted by Crippen LogP contribution is -2.46. The Morgan fingerprint density at radius 3 is 2.72 bits per heavy atom. The van der Waals surface area contributed by atoms with E-state index in [2.05, 4.69) is 11.1 Å². The minimum absolute atomic E-state index is 0.123. The molecule has 1 aliphatic rings. The lowest BCUT2D eigenvalue weighted by Gasteiger charge is -2.33.